The van der Waals surface area contributed by atoms with E-state index < -0.39 is 0 Å². The van der Waals surface area contributed by atoms with E-state index in [-0.39, 0.29) is 29.7 Å². The summed E-state index contributed by atoms with van der Waals surface area (Å²) in [4.78, 5) is 15.4. The van der Waals surface area contributed by atoms with Gasteiger partial charge >= 0.3 is 6.09 Å². The standard InChI is InChI=1S/C40H74N4O2/c1-28(2)11-10-12-29(3)35-15-16-36-34-14-13-32-27-33(17-21-39(32,6)37(34)18-22-40(35,36)7)46-38(45)44(26-20-31(5)42)25-9-8-23-43-24-19-30(4)41/h13,28-31,33-37,43H,8-12,14-27,41-42H2,1-7H3/t29-,30?,31?,33?,34?,35?,36?,37?,39?,40?/m1/s1. The van der Waals surface area contributed by atoms with E-state index in [2.05, 4.69) is 46.0 Å². The van der Waals surface area contributed by atoms with E-state index in [1.165, 1.54) is 51.4 Å². The number of hydrogen-bond acceptors (Lipinski definition) is 5. The molecule has 4 aliphatic rings. The highest BCUT2D eigenvalue weighted by Gasteiger charge is 2.59. The van der Waals surface area contributed by atoms with Gasteiger partial charge in [-0.05, 0) is 144 Å². The molecule has 3 fully saturated rings. The predicted octanol–water partition coefficient (Wildman–Crippen LogP) is 8.68. The molecule has 0 heterocycles. The molecule has 9 unspecified atom stereocenters. The Bertz CT molecular complexity index is 980. The van der Waals surface area contributed by atoms with Crippen LogP contribution in [0, 0.1) is 46.3 Å². The highest BCUT2D eigenvalue weighted by Crippen LogP contribution is 2.67. The molecule has 0 radical (unpaired) electrons. The smallest absolute Gasteiger partial charge is 0.410 e. The van der Waals surface area contributed by atoms with Gasteiger partial charge in [-0.15, -0.1) is 0 Å². The van der Waals surface area contributed by atoms with Crippen molar-refractivity contribution in [2.24, 2.45) is 57.8 Å². The minimum Gasteiger partial charge on any atom is -0.446 e. The third kappa shape index (κ3) is 9.31. The minimum absolute atomic E-state index is 0.00231. The first-order valence-corrected chi connectivity index (χ1v) is 19.7. The van der Waals surface area contributed by atoms with Gasteiger partial charge in [0.25, 0.3) is 0 Å². The Labute approximate surface area is 284 Å². The molecule has 0 aromatic carbocycles. The van der Waals surface area contributed by atoms with Crippen LogP contribution in [0.3, 0.4) is 0 Å². The summed E-state index contributed by atoms with van der Waals surface area (Å²) in [5, 5.41) is 3.48. The molecule has 6 nitrogen and oxygen atoms in total. The van der Waals surface area contributed by atoms with Gasteiger partial charge in [0.05, 0.1) is 0 Å². The van der Waals surface area contributed by atoms with Crippen LogP contribution >= 0.6 is 0 Å². The number of rotatable bonds is 17. The van der Waals surface area contributed by atoms with Gasteiger partial charge < -0.3 is 26.4 Å². The second-order valence-corrected chi connectivity index (χ2v) is 17.5. The maximum absolute atomic E-state index is 13.5. The summed E-state index contributed by atoms with van der Waals surface area (Å²) < 4.78 is 6.29. The molecule has 5 N–H and O–H groups in total. The summed E-state index contributed by atoms with van der Waals surface area (Å²) in [5.74, 6) is 5.09. The molecule has 6 heteroatoms. The van der Waals surface area contributed by atoms with Gasteiger partial charge in [0, 0.05) is 31.6 Å². The predicted molar refractivity (Wildman–Crippen MR) is 194 cm³/mol. The number of allylic oxidation sites excluding steroid dienone is 1. The van der Waals surface area contributed by atoms with Crippen LogP contribution in [0.15, 0.2) is 11.6 Å². The Balaban J connectivity index is 1.32. The lowest BCUT2D eigenvalue weighted by Crippen LogP contribution is -2.51. The third-order valence-electron chi connectivity index (χ3n) is 13.4. The Hall–Kier alpha value is -1.11. The average molecular weight is 643 g/mol. The highest BCUT2D eigenvalue weighted by atomic mass is 16.6. The lowest BCUT2D eigenvalue weighted by atomic mass is 9.47. The van der Waals surface area contributed by atoms with Crippen LogP contribution in [0.1, 0.15) is 145 Å². The molecule has 4 aliphatic carbocycles. The number of carbonyl (C=O) groups is 1. The molecule has 3 saturated carbocycles. The minimum atomic E-state index is -0.138. The van der Waals surface area contributed by atoms with E-state index in [1.54, 1.807) is 5.57 Å². The number of hydrogen-bond donors (Lipinski definition) is 3. The van der Waals surface area contributed by atoms with Crippen molar-refractivity contribution in [1.82, 2.24) is 10.2 Å². The van der Waals surface area contributed by atoms with Gasteiger partial charge in [-0.25, -0.2) is 4.79 Å². The number of carbonyl (C=O) groups excluding carboxylic acids is 1. The lowest BCUT2D eigenvalue weighted by molar-refractivity contribution is -0.0593. The normalized spacial score (nSPS) is 34.2. The van der Waals surface area contributed by atoms with Crippen LogP contribution in [0.4, 0.5) is 4.79 Å². The van der Waals surface area contributed by atoms with Crippen molar-refractivity contribution in [1.29, 1.82) is 0 Å². The van der Waals surface area contributed by atoms with Crippen LogP contribution in [0.25, 0.3) is 0 Å². The average Bonchev–Trinajstić information content (AvgIpc) is 3.35. The number of unbranched alkanes of at least 4 members (excludes halogenated alkanes) is 1. The topological polar surface area (TPSA) is 93.6 Å². The maximum atomic E-state index is 13.5. The van der Waals surface area contributed by atoms with E-state index in [0.717, 1.165) is 100 Å². The summed E-state index contributed by atoms with van der Waals surface area (Å²) in [6.45, 7) is 20.0. The molecule has 0 aromatic heterocycles. The van der Waals surface area contributed by atoms with Crippen LogP contribution in [0.5, 0.6) is 0 Å². The van der Waals surface area contributed by atoms with Crippen molar-refractivity contribution < 1.29 is 9.53 Å². The monoisotopic (exact) mass is 643 g/mol. The lowest BCUT2D eigenvalue weighted by Gasteiger charge is -2.58. The number of ether oxygens (including phenoxy) is 1. The largest absolute Gasteiger partial charge is 0.446 e. The maximum Gasteiger partial charge on any atom is 0.410 e. The molecule has 0 aromatic rings. The van der Waals surface area contributed by atoms with E-state index in [0.29, 0.717) is 12.0 Å². The summed E-state index contributed by atoms with van der Waals surface area (Å²) in [6.07, 6.45) is 20.5. The number of nitrogens with zero attached hydrogens (tertiary/aromatic N) is 1. The number of fused-ring (bicyclic) bond motifs is 5. The number of nitrogens with one attached hydrogen (secondary N) is 1. The van der Waals surface area contributed by atoms with Gasteiger partial charge in [-0.2, -0.15) is 0 Å². The van der Waals surface area contributed by atoms with Crippen molar-refractivity contribution in [3.05, 3.63) is 11.6 Å². The molecule has 0 spiro atoms. The molecule has 4 rings (SSSR count). The first kappa shape index (κ1) is 37.7. The SMILES string of the molecule is CC(C)CCC[C@@H](C)C1CCC2C3CC=C4CC(OC(=O)N(CCCCNCCC(C)N)CCC(C)N)CCC4(C)C3CCC21C. The molecule has 266 valence electrons. The van der Waals surface area contributed by atoms with Gasteiger partial charge in [0.15, 0.2) is 0 Å². The zero-order valence-electron chi connectivity index (χ0n) is 31.1. The molecule has 10 atom stereocenters. The van der Waals surface area contributed by atoms with Crippen molar-refractivity contribution in [3.63, 3.8) is 0 Å². The number of amides is 1. The van der Waals surface area contributed by atoms with Gasteiger partial charge in [0.2, 0.25) is 0 Å². The fourth-order valence-electron chi connectivity index (χ4n) is 10.6. The van der Waals surface area contributed by atoms with E-state index in [4.69, 9.17) is 16.2 Å². The molecule has 0 aliphatic heterocycles. The molecule has 0 bridgehead atoms. The summed E-state index contributed by atoms with van der Waals surface area (Å²) in [5.41, 5.74) is 14.3. The second-order valence-electron chi connectivity index (χ2n) is 17.5. The molecule has 1 amide bonds. The fourth-order valence-corrected chi connectivity index (χ4v) is 10.6. The first-order chi connectivity index (χ1) is 21.8. The fraction of sp³-hybridized carbons (Fsp3) is 0.925. The zero-order valence-corrected chi connectivity index (χ0v) is 31.1. The summed E-state index contributed by atoms with van der Waals surface area (Å²) >= 11 is 0. The van der Waals surface area contributed by atoms with E-state index >= 15 is 0 Å². The summed E-state index contributed by atoms with van der Waals surface area (Å²) in [6, 6.07) is 0.308. The highest BCUT2D eigenvalue weighted by molar-refractivity contribution is 5.67. The van der Waals surface area contributed by atoms with Gasteiger partial charge in [-0.1, -0.05) is 65.5 Å². The Kier molecular flexibility index (Phi) is 13.9. The van der Waals surface area contributed by atoms with Crippen LogP contribution in [0.2, 0.25) is 0 Å². The molecule has 46 heavy (non-hydrogen) atoms. The van der Waals surface area contributed by atoms with Crippen molar-refractivity contribution in [2.75, 3.05) is 26.2 Å². The quantitative estimate of drug-likeness (QED) is 0.109. The van der Waals surface area contributed by atoms with Gasteiger partial charge in [-0.3, -0.25) is 0 Å². The van der Waals surface area contributed by atoms with Crippen molar-refractivity contribution in [3.8, 4) is 0 Å². The summed E-state index contributed by atoms with van der Waals surface area (Å²) in [7, 11) is 0. The van der Waals surface area contributed by atoms with Crippen LogP contribution < -0.4 is 16.8 Å². The van der Waals surface area contributed by atoms with Crippen molar-refractivity contribution in [2.45, 2.75) is 163 Å². The molecular weight excluding hydrogens is 568 g/mol. The third-order valence-corrected chi connectivity index (χ3v) is 13.4. The van der Waals surface area contributed by atoms with Crippen molar-refractivity contribution >= 4 is 6.09 Å². The second kappa shape index (κ2) is 17.0. The molecule has 0 saturated heterocycles. The van der Waals surface area contributed by atoms with E-state index in [1.807, 2.05) is 18.7 Å². The van der Waals surface area contributed by atoms with Crippen LogP contribution in [-0.4, -0.2) is 55.4 Å². The van der Waals surface area contributed by atoms with Crippen LogP contribution in [-0.2, 0) is 4.74 Å². The Morgan fingerprint density at radius 3 is 2.37 bits per heavy atom. The Morgan fingerprint density at radius 1 is 0.891 bits per heavy atom. The van der Waals surface area contributed by atoms with Gasteiger partial charge in [0.1, 0.15) is 6.10 Å². The Morgan fingerprint density at radius 2 is 1.65 bits per heavy atom. The number of nitrogens with two attached hydrogens (primary N) is 2. The molecular formula is C40H74N4O2. The zero-order chi connectivity index (χ0) is 33.5. The van der Waals surface area contributed by atoms with E-state index in [9.17, 15) is 4.79 Å². The first-order valence-electron chi connectivity index (χ1n) is 19.7.